The fourth-order valence-corrected chi connectivity index (χ4v) is 3.10. The fraction of sp³-hybridized carbons (Fsp3) is 0.190. The number of aromatic nitrogens is 2. The zero-order valence-electron chi connectivity index (χ0n) is 16.1. The van der Waals surface area contributed by atoms with Crippen LogP contribution in [0.4, 0.5) is 10.1 Å². The van der Waals surface area contributed by atoms with E-state index < -0.39 is 23.3 Å². The van der Waals surface area contributed by atoms with Gasteiger partial charge in [0.1, 0.15) is 23.3 Å². The average Bonchev–Trinajstić information content (AvgIpc) is 2.66. The number of anilines is 1. The zero-order chi connectivity index (χ0) is 21.1. The summed E-state index contributed by atoms with van der Waals surface area (Å²) in [6, 6.07) is 11.5. The Labute approximate surface area is 171 Å². The van der Waals surface area contributed by atoms with Crippen molar-refractivity contribution in [2.24, 2.45) is 0 Å². The highest BCUT2D eigenvalue weighted by atomic mass is 35.5. The number of rotatable bonds is 5. The molecule has 1 N–H and O–H groups in total. The number of amides is 1. The number of carbonyl (C=O) groups excluding carboxylic acids is 1. The monoisotopic (exact) mass is 415 g/mol. The Bertz CT molecular complexity index is 1110. The third kappa shape index (κ3) is 4.63. The minimum Gasteiger partial charge on any atom is -0.497 e. The lowest BCUT2D eigenvalue weighted by atomic mass is 10.1. The molecule has 8 heteroatoms. The molecule has 0 radical (unpaired) electrons. The predicted molar refractivity (Wildman–Crippen MR) is 110 cm³/mol. The summed E-state index contributed by atoms with van der Waals surface area (Å²) in [6.45, 7) is 3.24. The van der Waals surface area contributed by atoms with Gasteiger partial charge in [-0.1, -0.05) is 23.7 Å². The van der Waals surface area contributed by atoms with Crippen LogP contribution in [0.15, 0.2) is 53.3 Å². The lowest BCUT2D eigenvalue weighted by Gasteiger charge is -2.16. The number of nitrogens with one attached hydrogen (secondary N) is 1. The molecule has 0 fully saturated rings. The second-order valence-corrected chi connectivity index (χ2v) is 6.95. The van der Waals surface area contributed by atoms with Crippen LogP contribution in [0, 0.1) is 12.7 Å². The predicted octanol–water partition coefficient (Wildman–Crippen LogP) is 4.22. The minimum atomic E-state index is -0.951. The second-order valence-electron chi connectivity index (χ2n) is 6.54. The molecule has 0 aliphatic heterocycles. The molecule has 0 spiro atoms. The summed E-state index contributed by atoms with van der Waals surface area (Å²) in [7, 11) is 1.54. The van der Waals surface area contributed by atoms with E-state index in [1.807, 2.05) is 0 Å². The Morgan fingerprint density at radius 1 is 1.24 bits per heavy atom. The average molecular weight is 416 g/mol. The number of hydrogen-bond acceptors (Lipinski definition) is 4. The first-order valence-electron chi connectivity index (χ1n) is 8.80. The van der Waals surface area contributed by atoms with Crippen LogP contribution in [-0.4, -0.2) is 22.8 Å². The molecule has 1 aromatic heterocycles. The van der Waals surface area contributed by atoms with Gasteiger partial charge in [-0.2, -0.15) is 5.10 Å². The Balaban J connectivity index is 1.94. The van der Waals surface area contributed by atoms with Gasteiger partial charge in [0.25, 0.3) is 5.56 Å². The van der Waals surface area contributed by atoms with Crippen LogP contribution in [0.25, 0.3) is 11.3 Å². The van der Waals surface area contributed by atoms with E-state index in [1.54, 1.807) is 37.3 Å². The zero-order valence-corrected chi connectivity index (χ0v) is 16.8. The minimum absolute atomic E-state index is 0.160. The van der Waals surface area contributed by atoms with E-state index in [1.165, 1.54) is 32.2 Å². The summed E-state index contributed by atoms with van der Waals surface area (Å²) < 4.78 is 19.8. The number of nitrogens with zero attached hydrogens (tertiary/aromatic N) is 2. The van der Waals surface area contributed by atoms with Crippen molar-refractivity contribution >= 4 is 23.2 Å². The molecular formula is C21H19ClFN3O3. The van der Waals surface area contributed by atoms with Crippen LogP contribution in [0.5, 0.6) is 5.75 Å². The van der Waals surface area contributed by atoms with Crippen LogP contribution in [0.1, 0.15) is 18.5 Å². The van der Waals surface area contributed by atoms with Gasteiger partial charge in [-0.15, -0.1) is 0 Å². The molecule has 1 atom stereocenters. The molecule has 0 bridgehead atoms. The summed E-state index contributed by atoms with van der Waals surface area (Å²) in [5, 5.41) is 7.07. The Hall–Kier alpha value is -3.19. The Kier molecular flexibility index (Phi) is 5.98. The van der Waals surface area contributed by atoms with Gasteiger partial charge in [0.2, 0.25) is 5.91 Å². The number of halogens is 2. The maximum atomic E-state index is 13.6. The Morgan fingerprint density at radius 2 is 2.00 bits per heavy atom. The molecule has 0 aliphatic rings. The van der Waals surface area contributed by atoms with Crippen molar-refractivity contribution in [2.75, 3.05) is 12.4 Å². The molecule has 29 heavy (non-hydrogen) atoms. The van der Waals surface area contributed by atoms with Crippen molar-refractivity contribution in [3.8, 4) is 17.0 Å². The van der Waals surface area contributed by atoms with E-state index >= 15 is 0 Å². The van der Waals surface area contributed by atoms with Crippen molar-refractivity contribution in [1.82, 2.24) is 9.78 Å². The fourth-order valence-electron chi connectivity index (χ4n) is 2.86. The van der Waals surface area contributed by atoms with E-state index in [0.29, 0.717) is 28.3 Å². The smallest absolute Gasteiger partial charge is 0.269 e. The second kappa shape index (κ2) is 8.45. The number of ether oxygens (including phenoxy) is 1. The van der Waals surface area contributed by atoms with E-state index in [9.17, 15) is 14.0 Å². The van der Waals surface area contributed by atoms with Crippen molar-refractivity contribution in [3.63, 3.8) is 0 Å². The first-order chi connectivity index (χ1) is 13.8. The molecule has 1 unspecified atom stereocenters. The summed E-state index contributed by atoms with van der Waals surface area (Å²) in [6.07, 6.45) is 0. The number of benzene rings is 2. The van der Waals surface area contributed by atoms with Gasteiger partial charge in [0, 0.05) is 17.3 Å². The van der Waals surface area contributed by atoms with Crippen LogP contribution in [0.3, 0.4) is 0 Å². The number of hydrogen-bond donors (Lipinski definition) is 1. The molecule has 3 aromatic rings. The molecule has 0 saturated heterocycles. The largest absolute Gasteiger partial charge is 0.497 e. The van der Waals surface area contributed by atoms with Gasteiger partial charge in [-0.3, -0.25) is 9.59 Å². The lowest BCUT2D eigenvalue weighted by Crippen LogP contribution is -2.33. The van der Waals surface area contributed by atoms with E-state index in [2.05, 4.69) is 10.4 Å². The maximum absolute atomic E-state index is 13.6. The first kappa shape index (κ1) is 20.5. The molecule has 1 heterocycles. The third-order valence-electron chi connectivity index (χ3n) is 4.31. The van der Waals surface area contributed by atoms with Crippen molar-refractivity contribution in [2.45, 2.75) is 19.9 Å². The van der Waals surface area contributed by atoms with Crippen molar-refractivity contribution in [3.05, 3.63) is 75.3 Å². The molecule has 3 rings (SSSR count). The SMILES string of the molecule is COc1cccc(-c2nn(C(C)C(=O)Nc3cc(C)cc(F)c3)c(=O)cc2Cl)c1. The van der Waals surface area contributed by atoms with Gasteiger partial charge in [0.05, 0.1) is 12.1 Å². The van der Waals surface area contributed by atoms with Crippen molar-refractivity contribution < 1.29 is 13.9 Å². The summed E-state index contributed by atoms with van der Waals surface area (Å²) >= 11 is 6.22. The molecule has 2 aromatic carbocycles. The number of aryl methyl sites for hydroxylation is 1. The van der Waals surface area contributed by atoms with Crippen molar-refractivity contribution in [1.29, 1.82) is 0 Å². The van der Waals surface area contributed by atoms with Gasteiger partial charge in [-0.05, 0) is 49.7 Å². The van der Waals surface area contributed by atoms with Gasteiger partial charge in [0.15, 0.2) is 0 Å². The number of methoxy groups -OCH3 is 1. The van der Waals surface area contributed by atoms with Gasteiger partial charge < -0.3 is 10.1 Å². The van der Waals surface area contributed by atoms with Gasteiger partial charge >= 0.3 is 0 Å². The highest BCUT2D eigenvalue weighted by Gasteiger charge is 2.20. The topological polar surface area (TPSA) is 73.2 Å². The molecule has 150 valence electrons. The summed E-state index contributed by atoms with van der Waals surface area (Å²) in [4.78, 5) is 25.0. The van der Waals surface area contributed by atoms with Crippen LogP contribution < -0.4 is 15.6 Å². The molecule has 1 amide bonds. The number of carbonyl (C=O) groups is 1. The van der Waals surface area contributed by atoms with E-state index in [4.69, 9.17) is 16.3 Å². The van der Waals surface area contributed by atoms with E-state index in [0.717, 1.165) is 4.68 Å². The van der Waals surface area contributed by atoms with Crippen LogP contribution in [0.2, 0.25) is 5.02 Å². The first-order valence-corrected chi connectivity index (χ1v) is 9.18. The maximum Gasteiger partial charge on any atom is 0.269 e. The van der Waals surface area contributed by atoms with Crippen LogP contribution in [-0.2, 0) is 4.79 Å². The lowest BCUT2D eigenvalue weighted by molar-refractivity contribution is -0.119. The quantitative estimate of drug-likeness (QED) is 0.677. The Morgan fingerprint density at radius 3 is 2.69 bits per heavy atom. The normalized spacial score (nSPS) is 11.8. The van der Waals surface area contributed by atoms with Crippen LogP contribution >= 0.6 is 11.6 Å². The molecular weight excluding hydrogens is 397 g/mol. The standard InChI is InChI=1S/C21H19ClFN3O3/c1-12-7-15(23)10-16(8-12)24-21(28)13(2)26-19(27)11-18(22)20(25-26)14-5-4-6-17(9-14)29-3/h4-11,13H,1-3H3,(H,24,28). The highest BCUT2D eigenvalue weighted by molar-refractivity contribution is 6.32. The summed E-state index contributed by atoms with van der Waals surface area (Å²) in [5.41, 5.74) is 1.41. The highest BCUT2D eigenvalue weighted by Crippen LogP contribution is 2.27. The summed E-state index contributed by atoms with van der Waals surface area (Å²) in [5.74, 6) is -0.371. The van der Waals surface area contributed by atoms with E-state index in [-0.39, 0.29) is 5.02 Å². The molecule has 0 aliphatic carbocycles. The molecule has 6 nitrogen and oxygen atoms in total. The van der Waals surface area contributed by atoms with Gasteiger partial charge in [-0.25, -0.2) is 9.07 Å². The third-order valence-corrected chi connectivity index (χ3v) is 4.60. The molecule has 0 saturated carbocycles.